The average Bonchev–Trinajstić information content (AvgIpc) is 2.70. The number of amides is 1. The van der Waals surface area contributed by atoms with E-state index >= 15 is 0 Å². The zero-order valence-corrected chi connectivity index (χ0v) is 10.8. The van der Waals surface area contributed by atoms with E-state index in [0.29, 0.717) is 25.2 Å². The molecule has 1 aromatic rings. The fourth-order valence-electron chi connectivity index (χ4n) is 2.02. The van der Waals surface area contributed by atoms with E-state index in [1.807, 2.05) is 0 Å². The molecular formula is C12H13F3N2OS. The van der Waals surface area contributed by atoms with Crippen LogP contribution >= 0.6 is 11.8 Å². The SMILES string of the molecule is NCC1CC(=O)N(c2ccc(SC(F)(F)F)cc2)C1. The quantitative estimate of drug-likeness (QED) is 0.870. The van der Waals surface area contributed by atoms with Gasteiger partial charge in [-0.2, -0.15) is 13.2 Å². The number of benzene rings is 1. The van der Waals surface area contributed by atoms with Gasteiger partial charge < -0.3 is 10.6 Å². The fraction of sp³-hybridized carbons (Fsp3) is 0.417. The number of nitrogens with two attached hydrogens (primary N) is 1. The van der Waals surface area contributed by atoms with Gasteiger partial charge in [-0.3, -0.25) is 4.79 Å². The summed E-state index contributed by atoms with van der Waals surface area (Å²) >= 11 is -0.166. The number of thioether (sulfide) groups is 1. The summed E-state index contributed by atoms with van der Waals surface area (Å²) in [5, 5.41) is 0. The summed E-state index contributed by atoms with van der Waals surface area (Å²) in [6, 6.07) is 5.81. The molecule has 0 radical (unpaired) electrons. The van der Waals surface area contributed by atoms with E-state index in [1.54, 1.807) is 4.90 Å². The third kappa shape index (κ3) is 3.63. The largest absolute Gasteiger partial charge is 0.446 e. The number of carbonyl (C=O) groups is 1. The Hall–Kier alpha value is -1.21. The van der Waals surface area contributed by atoms with Crippen LogP contribution in [0.3, 0.4) is 0 Å². The van der Waals surface area contributed by atoms with Gasteiger partial charge in [0, 0.05) is 23.5 Å². The molecule has 0 aliphatic carbocycles. The summed E-state index contributed by atoms with van der Waals surface area (Å²) < 4.78 is 36.6. The molecule has 0 spiro atoms. The van der Waals surface area contributed by atoms with Crippen LogP contribution in [0.5, 0.6) is 0 Å². The average molecular weight is 290 g/mol. The van der Waals surface area contributed by atoms with Crippen LogP contribution in [0.2, 0.25) is 0 Å². The van der Waals surface area contributed by atoms with Crippen LogP contribution in [0.1, 0.15) is 6.42 Å². The first-order chi connectivity index (χ1) is 8.89. The van der Waals surface area contributed by atoms with Crippen LogP contribution < -0.4 is 10.6 Å². The molecule has 7 heteroatoms. The first-order valence-electron chi connectivity index (χ1n) is 5.75. The Morgan fingerprint density at radius 2 is 1.95 bits per heavy atom. The lowest BCUT2D eigenvalue weighted by Gasteiger charge is -2.17. The summed E-state index contributed by atoms with van der Waals surface area (Å²) in [4.78, 5) is 13.4. The number of alkyl halides is 3. The van der Waals surface area contributed by atoms with Crippen molar-refractivity contribution in [1.82, 2.24) is 0 Å². The normalized spacial score (nSPS) is 20.1. The van der Waals surface area contributed by atoms with E-state index < -0.39 is 5.51 Å². The first-order valence-corrected chi connectivity index (χ1v) is 6.57. The summed E-state index contributed by atoms with van der Waals surface area (Å²) in [6.45, 7) is 0.964. The van der Waals surface area contributed by atoms with Crippen LogP contribution in [-0.2, 0) is 4.79 Å². The predicted molar refractivity (Wildman–Crippen MR) is 67.9 cm³/mol. The molecule has 104 valence electrons. The standard InChI is InChI=1S/C12H13F3N2OS/c13-12(14,15)19-10-3-1-9(2-4-10)17-7-8(6-16)5-11(17)18/h1-4,8H,5-7,16H2. The van der Waals surface area contributed by atoms with Crippen LogP contribution in [-0.4, -0.2) is 24.5 Å². The Balaban J connectivity index is 2.08. The molecule has 1 aliphatic heterocycles. The van der Waals surface area contributed by atoms with Gasteiger partial charge in [-0.1, -0.05) is 0 Å². The zero-order chi connectivity index (χ0) is 14.0. The molecule has 0 aromatic heterocycles. The van der Waals surface area contributed by atoms with Crippen molar-refractivity contribution in [2.24, 2.45) is 11.7 Å². The highest BCUT2D eigenvalue weighted by molar-refractivity contribution is 8.00. The third-order valence-electron chi connectivity index (χ3n) is 2.92. The maximum atomic E-state index is 12.2. The van der Waals surface area contributed by atoms with Crippen molar-refractivity contribution >= 4 is 23.4 Å². The molecule has 1 heterocycles. The number of carbonyl (C=O) groups excluding carboxylic acids is 1. The van der Waals surface area contributed by atoms with Gasteiger partial charge >= 0.3 is 5.51 Å². The molecular weight excluding hydrogens is 277 g/mol. The third-order valence-corrected chi connectivity index (χ3v) is 3.66. The Bertz CT molecular complexity index is 461. The maximum Gasteiger partial charge on any atom is 0.446 e. The van der Waals surface area contributed by atoms with Crippen molar-refractivity contribution in [2.75, 3.05) is 18.0 Å². The number of halogens is 3. The molecule has 1 fully saturated rings. The van der Waals surface area contributed by atoms with Crippen LogP contribution in [0.4, 0.5) is 18.9 Å². The molecule has 2 N–H and O–H groups in total. The summed E-state index contributed by atoms with van der Waals surface area (Å²) in [7, 11) is 0. The van der Waals surface area contributed by atoms with Crippen molar-refractivity contribution in [2.45, 2.75) is 16.8 Å². The van der Waals surface area contributed by atoms with Gasteiger partial charge in [0.1, 0.15) is 0 Å². The molecule has 3 nitrogen and oxygen atoms in total. The molecule has 1 aliphatic rings. The first kappa shape index (κ1) is 14.2. The van der Waals surface area contributed by atoms with Crippen LogP contribution in [0.15, 0.2) is 29.2 Å². The summed E-state index contributed by atoms with van der Waals surface area (Å²) in [5.41, 5.74) is 1.84. The molecule has 1 aromatic carbocycles. The molecule has 1 amide bonds. The predicted octanol–water partition coefficient (Wildman–Crippen LogP) is 2.61. The molecule has 0 saturated carbocycles. The van der Waals surface area contributed by atoms with Gasteiger partial charge in [0.2, 0.25) is 5.91 Å². The van der Waals surface area contributed by atoms with Gasteiger partial charge in [0.05, 0.1) is 0 Å². The van der Waals surface area contributed by atoms with Crippen molar-refractivity contribution in [3.8, 4) is 0 Å². The molecule has 1 unspecified atom stereocenters. The lowest BCUT2D eigenvalue weighted by molar-refractivity contribution is -0.117. The number of rotatable bonds is 3. The maximum absolute atomic E-state index is 12.2. The summed E-state index contributed by atoms with van der Waals surface area (Å²) in [5.74, 6) is 0.0865. The minimum Gasteiger partial charge on any atom is -0.330 e. The topological polar surface area (TPSA) is 46.3 Å². The Morgan fingerprint density at radius 3 is 2.42 bits per heavy atom. The minimum absolute atomic E-state index is 0.0355. The second-order valence-corrected chi connectivity index (χ2v) is 5.49. The van der Waals surface area contributed by atoms with Gasteiger partial charge in [-0.15, -0.1) is 0 Å². The number of hydrogen-bond donors (Lipinski definition) is 1. The Kier molecular flexibility index (Phi) is 4.05. The lowest BCUT2D eigenvalue weighted by atomic mass is 10.1. The molecule has 19 heavy (non-hydrogen) atoms. The zero-order valence-electron chi connectivity index (χ0n) is 9.98. The second-order valence-electron chi connectivity index (χ2n) is 4.35. The van der Waals surface area contributed by atoms with Crippen LogP contribution in [0, 0.1) is 5.92 Å². The monoisotopic (exact) mass is 290 g/mol. The highest BCUT2D eigenvalue weighted by atomic mass is 32.2. The second kappa shape index (κ2) is 5.42. The Labute approximate surface area is 112 Å². The van der Waals surface area contributed by atoms with Gasteiger partial charge in [-0.25, -0.2) is 0 Å². The molecule has 1 atom stereocenters. The molecule has 2 rings (SSSR count). The van der Waals surface area contributed by atoms with E-state index in [-0.39, 0.29) is 28.5 Å². The highest BCUT2D eigenvalue weighted by Gasteiger charge is 2.31. The van der Waals surface area contributed by atoms with E-state index in [9.17, 15) is 18.0 Å². The van der Waals surface area contributed by atoms with E-state index in [4.69, 9.17) is 5.73 Å². The van der Waals surface area contributed by atoms with Crippen molar-refractivity contribution in [1.29, 1.82) is 0 Å². The van der Waals surface area contributed by atoms with E-state index in [1.165, 1.54) is 24.3 Å². The van der Waals surface area contributed by atoms with Crippen LogP contribution in [0.25, 0.3) is 0 Å². The smallest absolute Gasteiger partial charge is 0.330 e. The van der Waals surface area contributed by atoms with E-state index in [2.05, 4.69) is 0 Å². The van der Waals surface area contributed by atoms with Gasteiger partial charge in [-0.05, 0) is 48.5 Å². The fourth-order valence-corrected chi connectivity index (χ4v) is 2.56. The Morgan fingerprint density at radius 1 is 1.32 bits per heavy atom. The molecule has 0 bridgehead atoms. The van der Waals surface area contributed by atoms with Crippen molar-refractivity contribution in [3.63, 3.8) is 0 Å². The lowest BCUT2D eigenvalue weighted by Crippen LogP contribution is -2.25. The van der Waals surface area contributed by atoms with E-state index in [0.717, 1.165) is 0 Å². The number of nitrogens with zero attached hydrogens (tertiary/aromatic N) is 1. The summed E-state index contributed by atoms with van der Waals surface area (Å²) in [6.07, 6.45) is 0.398. The van der Waals surface area contributed by atoms with Crippen molar-refractivity contribution < 1.29 is 18.0 Å². The van der Waals surface area contributed by atoms with Gasteiger partial charge in [0.15, 0.2) is 0 Å². The van der Waals surface area contributed by atoms with Crippen molar-refractivity contribution in [3.05, 3.63) is 24.3 Å². The number of anilines is 1. The number of hydrogen-bond acceptors (Lipinski definition) is 3. The highest BCUT2D eigenvalue weighted by Crippen LogP contribution is 2.37. The minimum atomic E-state index is -4.30. The molecule has 1 saturated heterocycles. The van der Waals surface area contributed by atoms with Gasteiger partial charge in [0.25, 0.3) is 0 Å².